The van der Waals surface area contributed by atoms with Crippen molar-refractivity contribution in [2.75, 3.05) is 22.9 Å². The first-order valence-electron chi connectivity index (χ1n) is 7.92. The van der Waals surface area contributed by atoms with Crippen molar-refractivity contribution in [3.05, 3.63) is 24.3 Å². The fraction of sp³-hybridized carbons (Fsp3) is 0.529. The summed E-state index contributed by atoms with van der Waals surface area (Å²) in [4.78, 5) is 27.4. The summed E-state index contributed by atoms with van der Waals surface area (Å²) >= 11 is 5.52. The second-order valence-corrected chi connectivity index (χ2v) is 6.64. The van der Waals surface area contributed by atoms with Gasteiger partial charge in [-0.3, -0.25) is 9.59 Å². The van der Waals surface area contributed by atoms with Crippen molar-refractivity contribution in [1.29, 1.82) is 0 Å². The van der Waals surface area contributed by atoms with Crippen LogP contribution in [0.3, 0.4) is 0 Å². The Morgan fingerprint density at radius 2 is 1.86 bits per heavy atom. The van der Waals surface area contributed by atoms with Crippen LogP contribution in [-0.2, 0) is 9.59 Å². The average Bonchev–Trinajstić information content (AvgIpc) is 2.90. The van der Waals surface area contributed by atoms with Crippen molar-refractivity contribution in [2.45, 2.75) is 38.6 Å². The van der Waals surface area contributed by atoms with Crippen LogP contribution in [0.4, 0.5) is 11.4 Å². The molecule has 5 heteroatoms. The highest BCUT2D eigenvalue weighted by atomic mass is 35.5. The molecule has 0 aliphatic carbocycles. The van der Waals surface area contributed by atoms with Gasteiger partial charge in [-0.05, 0) is 62.1 Å². The van der Waals surface area contributed by atoms with E-state index >= 15 is 0 Å². The molecule has 2 fully saturated rings. The Kier molecular flexibility index (Phi) is 4.39. The van der Waals surface area contributed by atoms with E-state index in [4.69, 9.17) is 11.6 Å². The molecule has 0 radical (unpaired) electrons. The van der Waals surface area contributed by atoms with Gasteiger partial charge in [0.25, 0.3) is 0 Å². The van der Waals surface area contributed by atoms with Crippen LogP contribution >= 0.6 is 11.6 Å². The molecule has 1 amide bonds. The van der Waals surface area contributed by atoms with Gasteiger partial charge in [0.15, 0.2) is 0 Å². The molecule has 2 atom stereocenters. The molecule has 0 N–H and O–H groups in total. The topological polar surface area (TPSA) is 40.6 Å². The maximum Gasteiger partial charge on any atom is 0.227 e. The van der Waals surface area contributed by atoms with Crippen molar-refractivity contribution in [1.82, 2.24) is 0 Å². The molecule has 2 heterocycles. The third-order valence-corrected chi connectivity index (χ3v) is 5.05. The summed E-state index contributed by atoms with van der Waals surface area (Å²) in [5.41, 5.74) is 2.05. The second kappa shape index (κ2) is 6.29. The monoisotopic (exact) mass is 320 g/mol. The molecule has 2 saturated heterocycles. The normalized spacial score (nSPS) is 25.6. The summed E-state index contributed by atoms with van der Waals surface area (Å²) < 4.78 is 0. The summed E-state index contributed by atoms with van der Waals surface area (Å²) in [6.07, 6.45) is 3.97. The first-order valence-corrected chi connectivity index (χ1v) is 8.30. The van der Waals surface area contributed by atoms with E-state index in [1.807, 2.05) is 12.1 Å². The van der Waals surface area contributed by atoms with E-state index in [0.717, 1.165) is 12.2 Å². The number of halogens is 1. The highest BCUT2D eigenvalue weighted by molar-refractivity contribution is 6.64. The van der Waals surface area contributed by atoms with Gasteiger partial charge in [-0.1, -0.05) is 0 Å². The zero-order valence-corrected chi connectivity index (χ0v) is 13.6. The number of piperidine rings is 1. The summed E-state index contributed by atoms with van der Waals surface area (Å²) in [5.74, 6) is -0.408. The molecule has 0 aromatic heterocycles. The Hall–Kier alpha value is -1.55. The number of benzene rings is 1. The van der Waals surface area contributed by atoms with Crippen molar-refractivity contribution in [3.63, 3.8) is 0 Å². The summed E-state index contributed by atoms with van der Waals surface area (Å²) in [6, 6.07) is 8.64. The van der Waals surface area contributed by atoms with Crippen LogP contribution in [0.25, 0.3) is 0 Å². The lowest BCUT2D eigenvalue weighted by Crippen LogP contribution is -2.37. The van der Waals surface area contributed by atoms with Gasteiger partial charge in [0, 0.05) is 36.9 Å². The predicted molar refractivity (Wildman–Crippen MR) is 88.4 cm³/mol. The molecule has 22 heavy (non-hydrogen) atoms. The molecule has 0 bridgehead atoms. The van der Waals surface area contributed by atoms with E-state index in [2.05, 4.69) is 24.0 Å². The van der Waals surface area contributed by atoms with Crippen LogP contribution in [0.15, 0.2) is 24.3 Å². The van der Waals surface area contributed by atoms with E-state index in [1.165, 1.54) is 24.9 Å². The molecule has 2 aliphatic heterocycles. The molecule has 1 aromatic rings. The minimum Gasteiger partial charge on any atom is -0.369 e. The largest absolute Gasteiger partial charge is 0.369 e. The SMILES string of the molecule is C[C@@H]1CCCCN1c1ccc(N2C[C@H](C(=O)Cl)CC2=O)cc1. The third-order valence-electron chi connectivity index (χ3n) is 4.74. The Morgan fingerprint density at radius 3 is 2.45 bits per heavy atom. The van der Waals surface area contributed by atoms with E-state index in [0.29, 0.717) is 12.6 Å². The van der Waals surface area contributed by atoms with Gasteiger partial charge in [-0.2, -0.15) is 0 Å². The zero-order chi connectivity index (χ0) is 15.7. The van der Waals surface area contributed by atoms with Crippen LogP contribution in [0.2, 0.25) is 0 Å². The highest BCUT2D eigenvalue weighted by Gasteiger charge is 2.34. The molecule has 0 saturated carbocycles. The highest BCUT2D eigenvalue weighted by Crippen LogP contribution is 2.30. The molecule has 0 unspecified atom stereocenters. The molecule has 4 nitrogen and oxygen atoms in total. The van der Waals surface area contributed by atoms with E-state index in [1.54, 1.807) is 4.90 Å². The van der Waals surface area contributed by atoms with Crippen LogP contribution in [0.1, 0.15) is 32.6 Å². The van der Waals surface area contributed by atoms with Crippen LogP contribution in [0.5, 0.6) is 0 Å². The van der Waals surface area contributed by atoms with Gasteiger partial charge in [0.2, 0.25) is 11.1 Å². The van der Waals surface area contributed by atoms with E-state index in [-0.39, 0.29) is 18.2 Å². The first kappa shape index (κ1) is 15.3. The third kappa shape index (κ3) is 2.98. The smallest absolute Gasteiger partial charge is 0.227 e. The second-order valence-electron chi connectivity index (χ2n) is 6.26. The molecule has 3 rings (SSSR count). The molecule has 2 aliphatic rings. The van der Waals surface area contributed by atoms with Crippen LogP contribution in [-0.4, -0.2) is 30.3 Å². The summed E-state index contributed by atoms with van der Waals surface area (Å²) in [7, 11) is 0. The number of hydrogen-bond donors (Lipinski definition) is 0. The maximum atomic E-state index is 12.0. The van der Waals surface area contributed by atoms with Gasteiger partial charge in [-0.15, -0.1) is 0 Å². The molecular formula is C17H21ClN2O2. The molecule has 1 aromatic carbocycles. The van der Waals surface area contributed by atoms with Crippen LogP contribution in [0, 0.1) is 5.92 Å². The number of carbonyl (C=O) groups is 2. The van der Waals surface area contributed by atoms with Crippen molar-refractivity contribution in [3.8, 4) is 0 Å². The maximum absolute atomic E-state index is 12.0. The Bertz CT molecular complexity index is 573. The number of amides is 1. The molecule has 118 valence electrons. The lowest BCUT2D eigenvalue weighted by molar-refractivity contribution is -0.120. The van der Waals surface area contributed by atoms with Gasteiger partial charge in [0.05, 0.1) is 5.92 Å². The Labute approximate surface area is 136 Å². The van der Waals surface area contributed by atoms with Crippen molar-refractivity contribution >= 4 is 34.1 Å². The van der Waals surface area contributed by atoms with E-state index in [9.17, 15) is 9.59 Å². The predicted octanol–water partition coefficient (Wildman–Crippen LogP) is 3.18. The van der Waals surface area contributed by atoms with E-state index < -0.39 is 5.24 Å². The van der Waals surface area contributed by atoms with Gasteiger partial charge >= 0.3 is 0 Å². The fourth-order valence-electron chi connectivity index (χ4n) is 3.41. The molecular weight excluding hydrogens is 300 g/mol. The first-order chi connectivity index (χ1) is 10.6. The number of anilines is 2. The quantitative estimate of drug-likeness (QED) is 0.803. The minimum atomic E-state index is -0.422. The minimum absolute atomic E-state index is 0.0295. The van der Waals surface area contributed by atoms with Crippen LogP contribution < -0.4 is 9.80 Å². The lowest BCUT2D eigenvalue weighted by Gasteiger charge is -2.35. The number of hydrogen-bond acceptors (Lipinski definition) is 3. The zero-order valence-electron chi connectivity index (χ0n) is 12.8. The Morgan fingerprint density at radius 1 is 1.18 bits per heavy atom. The summed E-state index contributed by atoms with van der Waals surface area (Å²) in [6.45, 7) is 3.74. The summed E-state index contributed by atoms with van der Waals surface area (Å²) in [5, 5.41) is -0.422. The van der Waals surface area contributed by atoms with Gasteiger partial charge < -0.3 is 9.80 Å². The van der Waals surface area contributed by atoms with Gasteiger partial charge in [0.1, 0.15) is 0 Å². The van der Waals surface area contributed by atoms with Crippen molar-refractivity contribution in [2.24, 2.45) is 5.92 Å². The van der Waals surface area contributed by atoms with Crippen molar-refractivity contribution < 1.29 is 9.59 Å². The molecule has 0 spiro atoms. The Balaban J connectivity index is 1.74. The van der Waals surface area contributed by atoms with Gasteiger partial charge in [-0.25, -0.2) is 0 Å². The number of nitrogens with zero attached hydrogens (tertiary/aromatic N) is 2. The standard InChI is InChI=1S/C17H21ClN2O2/c1-12-4-2-3-9-19(12)14-5-7-15(8-6-14)20-11-13(17(18)22)10-16(20)21/h5-8,12-13H,2-4,9-11H2,1H3/t12-,13-/m1/s1. The average molecular weight is 321 g/mol. The lowest BCUT2D eigenvalue weighted by atomic mass is 10.0. The number of rotatable bonds is 3. The number of carbonyl (C=O) groups excluding carboxylic acids is 2. The fourth-order valence-corrected chi connectivity index (χ4v) is 3.56.